The number of aryl methyl sites for hydroxylation is 2. The van der Waals surface area contributed by atoms with Gasteiger partial charge in [-0.1, -0.05) is 13.8 Å². The topological polar surface area (TPSA) is 63.0 Å². The molecule has 0 fully saturated rings. The average molecular weight is 206 g/mol. The van der Waals surface area contributed by atoms with Gasteiger partial charge >= 0.3 is 0 Å². The number of hydrogen-bond donors (Lipinski definition) is 1. The number of imidazole rings is 1. The zero-order valence-corrected chi connectivity index (χ0v) is 8.95. The second kappa shape index (κ2) is 3.84. The summed E-state index contributed by atoms with van der Waals surface area (Å²) in [6.45, 7) is 4.07. The molecule has 0 saturated carbocycles. The first kappa shape index (κ1) is 9.89. The van der Waals surface area contributed by atoms with E-state index in [9.17, 15) is 4.79 Å². The van der Waals surface area contributed by atoms with Gasteiger partial charge in [0.15, 0.2) is 5.52 Å². The van der Waals surface area contributed by atoms with Crippen molar-refractivity contribution in [1.29, 1.82) is 0 Å². The molecule has 2 aromatic rings. The molecule has 5 heteroatoms. The van der Waals surface area contributed by atoms with E-state index in [1.807, 2.05) is 6.92 Å². The quantitative estimate of drug-likeness (QED) is 0.812. The normalized spacial score (nSPS) is 11.1. The van der Waals surface area contributed by atoms with Crippen molar-refractivity contribution in [3.63, 3.8) is 0 Å². The van der Waals surface area contributed by atoms with Gasteiger partial charge in [0.1, 0.15) is 12.2 Å². The minimum atomic E-state index is -0.114. The molecule has 0 saturated heterocycles. The Morgan fingerprint density at radius 3 is 2.93 bits per heavy atom. The number of nitrogens with zero attached hydrogens (tertiary/aromatic N) is 3. The van der Waals surface area contributed by atoms with Crippen molar-refractivity contribution in [2.75, 3.05) is 0 Å². The highest BCUT2D eigenvalue weighted by Crippen LogP contribution is 2.09. The van der Waals surface area contributed by atoms with Gasteiger partial charge in [-0.25, -0.2) is 9.50 Å². The molecule has 2 rings (SSSR count). The minimum Gasteiger partial charge on any atom is -0.310 e. The summed E-state index contributed by atoms with van der Waals surface area (Å²) in [6.07, 6.45) is 4.01. The Morgan fingerprint density at radius 1 is 1.47 bits per heavy atom. The SMILES string of the molecule is CCCc1nc(CC)c2c(=O)[nH]cnn12. The largest absolute Gasteiger partial charge is 0.310 e. The van der Waals surface area contributed by atoms with E-state index in [4.69, 9.17) is 0 Å². The Morgan fingerprint density at radius 2 is 2.27 bits per heavy atom. The van der Waals surface area contributed by atoms with Crippen LogP contribution in [0.3, 0.4) is 0 Å². The molecule has 2 aromatic heterocycles. The molecule has 15 heavy (non-hydrogen) atoms. The lowest BCUT2D eigenvalue weighted by atomic mass is 10.3. The number of rotatable bonds is 3. The lowest BCUT2D eigenvalue weighted by Gasteiger charge is -1.95. The Bertz CT molecular complexity index is 526. The summed E-state index contributed by atoms with van der Waals surface area (Å²) >= 11 is 0. The Balaban J connectivity index is 2.75. The van der Waals surface area contributed by atoms with E-state index in [1.165, 1.54) is 6.33 Å². The zero-order chi connectivity index (χ0) is 10.8. The first-order chi connectivity index (χ1) is 7.27. The van der Waals surface area contributed by atoms with Crippen molar-refractivity contribution in [2.24, 2.45) is 0 Å². The fraction of sp³-hybridized carbons (Fsp3) is 0.500. The Hall–Kier alpha value is -1.65. The predicted octanol–water partition coefficient (Wildman–Crippen LogP) is 0.932. The molecule has 0 radical (unpaired) electrons. The molecule has 1 N–H and O–H groups in total. The highest BCUT2D eigenvalue weighted by molar-refractivity contribution is 5.50. The predicted molar refractivity (Wildman–Crippen MR) is 57.0 cm³/mol. The maximum absolute atomic E-state index is 11.6. The molecule has 0 unspecified atom stereocenters. The molecule has 0 atom stereocenters. The second-order valence-electron chi connectivity index (χ2n) is 3.46. The molecule has 0 aromatic carbocycles. The Kier molecular flexibility index (Phi) is 2.53. The van der Waals surface area contributed by atoms with Gasteiger partial charge in [0.05, 0.1) is 5.69 Å². The number of nitrogens with one attached hydrogen (secondary N) is 1. The lowest BCUT2D eigenvalue weighted by Crippen LogP contribution is -2.12. The van der Waals surface area contributed by atoms with Gasteiger partial charge in [-0.2, -0.15) is 5.10 Å². The summed E-state index contributed by atoms with van der Waals surface area (Å²) in [4.78, 5) is 18.6. The fourth-order valence-electron chi connectivity index (χ4n) is 1.70. The van der Waals surface area contributed by atoms with Gasteiger partial charge in [-0.3, -0.25) is 4.79 Å². The van der Waals surface area contributed by atoms with Crippen LogP contribution in [-0.4, -0.2) is 19.6 Å². The zero-order valence-electron chi connectivity index (χ0n) is 8.95. The van der Waals surface area contributed by atoms with Crippen LogP contribution in [0.15, 0.2) is 11.1 Å². The molecule has 0 spiro atoms. The van der Waals surface area contributed by atoms with E-state index < -0.39 is 0 Å². The summed E-state index contributed by atoms with van der Waals surface area (Å²) in [5.74, 6) is 0.871. The summed E-state index contributed by atoms with van der Waals surface area (Å²) in [7, 11) is 0. The molecule has 0 aliphatic heterocycles. The van der Waals surface area contributed by atoms with Crippen LogP contribution in [0.25, 0.3) is 5.52 Å². The molecule has 0 amide bonds. The molecule has 0 aliphatic carbocycles. The number of hydrogen-bond acceptors (Lipinski definition) is 3. The maximum Gasteiger partial charge on any atom is 0.277 e. The summed E-state index contributed by atoms with van der Waals surface area (Å²) < 4.78 is 1.65. The van der Waals surface area contributed by atoms with Crippen LogP contribution in [0.2, 0.25) is 0 Å². The van der Waals surface area contributed by atoms with E-state index in [1.54, 1.807) is 4.52 Å². The third-order valence-electron chi connectivity index (χ3n) is 2.39. The van der Waals surface area contributed by atoms with Gasteiger partial charge in [0.2, 0.25) is 0 Å². The van der Waals surface area contributed by atoms with Gasteiger partial charge in [-0.15, -0.1) is 0 Å². The van der Waals surface area contributed by atoms with E-state index >= 15 is 0 Å². The van der Waals surface area contributed by atoms with Crippen molar-refractivity contribution in [3.05, 3.63) is 28.2 Å². The number of H-pyrrole nitrogens is 1. The van der Waals surface area contributed by atoms with E-state index in [0.717, 1.165) is 30.8 Å². The van der Waals surface area contributed by atoms with Crippen LogP contribution in [0.1, 0.15) is 31.8 Å². The standard InChI is InChI=1S/C10H14N4O/c1-3-5-8-13-7(4-2)9-10(15)11-6-12-14(8)9/h6H,3-5H2,1-2H3,(H,11,12,15). The van der Waals surface area contributed by atoms with Gasteiger partial charge in [0.25, 0.3) is 5.56 Å². The number of aromatic amines is 1. The van der Waals surface area contributed by atoms with Crippen LogP contribution in [-0.2, 0) is 12.8 Å². The van der Waals surface area contributed by atoms with Gasteiger partial charge < -0.3 is 4.98 Å². The van der Waals surface area contributed by atoms with Crippen LogP contribution in [0.5, 0.6) is 0 Å². The minimum absolute atomic E-state index is 0.114. The van der Waals surface area contributed by atoms with Crippen molar-refractivity contribution in [3.8, 4) is 0 Å². The van der Waals surface area contributed by atoms with E-state index in [0.29, 0.717) is 5.52 Å². The third kappa shape index (κ3) is 1.54. The maximum atomic E-state index is 11.6. The van der Waals surface area contributed by atoms with Gasteiger partial charge in [-0.05, 0) is 12.8 Å². The highest BCUT2D eigenvalue weighted by atomic mass is 16.1. The monoisotopic (exact) mass is 206 g/mol. The van der Waals surface area contributed by atoms with Gasteiger partial charge in [0, 0.05) is 6.42 Å². The smallest absolute Gasteiger partial charge is 0.277 e. The highest BCUT2D eigenvalue weighted by Gasteiger charge is 2.12. The third-order valence-corrected chi connectivity index (χ3v) is 2.39. The molecule has 2 heterocycles. The van der Waals surface area contributed by atoms with Crippen LogP contribution in [0.4, 0.5) is 0 Å². The fourth-order valence-corrected chi connectivity index (χ4v) is 1.70. The molecular weight excluding hydrogens is 192 g/mol. The molecule has 0 bridgehead atoms. The van der Waals surface area contributed by atoms with E-state index in [2.05, 4.69) is 22.0 Å². The molecule has 5 nitrogen and oxygen atoms in total. The molecule has 80 valence electrons. The Labute approximate surface area is 87.2 Å². The summed E-state index contributed by atoms with van der Waals surface area (Å²) in [5, 5.41) is 4.13. The first-order valence-corrected chi connectivity index (χ1v) is 5.22. The average Bonchev–Trinajstić information content (AvgIpc) is 2.59. The first-order valence-electron chi connectivity index (χ1n) is 5.22. The summed E-state index contributed by atoms with van der Waals surface area (Å²) in [5.41, 5.74) is 1.30. The second-order valence-corrected chi connectivity index (χ2v) is 3.46. The van der Waals surface area contributed by atoms with Crippen molar-refractivity contribution in [2.45, 2.75) is 33.1 Å². The van der Waals surface area contributed by atoms with Crippen molar-refractivity contribution < 1.29 is 0 Å². The van der Waals surface area contributed by atoms with Crippen molar-refractivity contribution in [1.82, 2.24) is 19.6 Å². The number of fused-ring (bicyclic) bond motifs is 1. The molecular formula is C10H14N4O. The molecule has 0 aliphatic rings. The summed E-state index contributed by atoms with van der Waals surface area (Å²) in [6, 6.07) is 0. The van der Waals surface area contributed by atoms with Crippen LogP contribution >= 0.6 is 0 Å². The lowest BCUT2D eigenvalue weighted by molar-refractivity contribution is 0.761. The van der Waals surface area contributed by atoms with Crippen molar-refractivity contribution >= 4 is 5.52 Å². The van der Waals surface area contributed by atoms with E-state index in [-0.39, 0.29) is 5.56 Å². The van der Waals surface area contributed by atoms with Crippen LogP contribution < -0.4 is 5.56 Å². The van der Waals surface area contributed by atoms with Crippen LogP contribution in [0, 0.1) is 0 Å². The number of aromatic nitrogens is 4.